The Labute approximate surface area is 848 Å². The van der Waals surface area contributed by atoms with Crippen LogP contribution >= 0.6 is 0 Å². The van der Waals surface area contributed by atoms with Crippen LogP contribution in [-0.4, -0.2) is 0 Å². The van der Waals surface area contributed by atoms with E-state index in [0.717, 1.165) is 0 Å². The highest BCUT2D eigenvalue weighted by Crippen LogP contribution is 2.71. The average molecular weight is 1870 g/mol. The molecule has 0 N–H and O–H groups in total. The molecule has 25 rings (SSSR count). The number of rotatable bonds is 5. The van der Waals surface area contributed by atoms with Crippen LogP contribution in [0.15, 0.2) is 121 Å². The summed E-state index contributed by atoms with van der Waals surface area (Å²) in [5.74, 6) is 0. The van der Waals surface area contributed by atoms with Gasteiger partial charge < -0.3 is 0 Å². The molecule has 0 aliphatic heterocycles. The smallest absolute Gasteiger partial charge is 0.198 e. The number of aryl methyl sites for hydroxylation is 5. The molecule has 10 atom stereocenters. The average Bonchev–Trinajstić information content (AvgIpc) is 0.733. The van der Waals surface area contributed by atoms with Crippen LogP contribution in [0.2, 0.25) is 0 Å². The zero-order valence-electron chi connectivity index (χ0n) is 94.7. The van der Waals surface area contributed by atoms with E-state index in [1.807, 2.05) is 0 Å². The Morgan fingerprint density at radius 3 is 0.686 bits per heavy atom. The molecule has 5 aromatic carbocycles. The molecular weight excluding hydrogens is 1690 g/mol. The highest BCUT2D eigenvalue weighted by molar-refractivity contribution is 5.78. The molecule has 15 aliphatic carbocycles. The van der Waals surface area contributed by atoms with E-state index in [0.29, 0.717) is 54.1 Å². The second-order valence-electron chi connectivity index (χ2n) is 58.1. The first-order chi connectivity index (χ1) is 65.1. The summed E-state index contributed by atoms with van der Waals surface area (Å²) in [6, 6.07) is 45.1. The van der Waals surface area contributed by atoms with Crippen LogP contribution in [0.1, 0.15) is 474 Å². The first-order valence-corrected chi connectivity index (χ1v) is 56.0. The highest BCUT2D eigenvalue weighted by atomic mass is 15.0. The normalized spacial score (nSPS) is 30.7. The summed E-state index contributed by atoms with van der Waals surface area (Å²) in [7, 11) is 11.8. The molecule has 740 valence electrons. The van der Waals surface area contributed by atoms with Crippen LogP contribution in [0.5, 0.6) is 0 Å². The van der Waals surface area contributed by atoms with Gasteiger partial charge in [0.05, 0.1) is 10.8 Å². The number of hydrogen-bond donors (Lipinski definition) is 0. The minimum absolute atomic E-state index is 0.207. The predicted molar refractivity (Wildman–Crippen MR) is 585 cm³/mol. The minimum atomic E-state index is 0.207. The molecule has 0 spiro atoms. The number of aromatic nitrogens is 5. The second-order valence-corrected chi connectivity index (χ2v) is 58.1. The van der Waals surface area contributed by atoms with Crippen molar-refractivity contribution in [3.8, 4) is 56.3 Å². The second kappa shape index (κ2) is 31.2. The van der Waals surface area contributed by atoms with Crippen LogP contribution in [0.4, 0.5) is 0 Å². The molecule has 0 fully saturated rings. The molecule has 10 unspecified atom stereocenters. The Hall–Kier alpha value is -8.15. The van der Waals surface area contributed by atoms with Gasteiger partial charge in [0, 0.05) is 112 Å². The van der Waals surface area contributed by atoms with E-state index in [1.165, 1.54) is 251 Å². The summed E-state index contributed by atoms with van der Waals surface area (Å²) in [5, 5.41) is 0. The lowest BCUT2D eigenvalue weighted by Crippen LogP contribution is -2.56. The van der Waals surface area contributed by atoms with E-state index in [9.17, 15) is 0 Å². The molecule has 15 aliphatic rings. The van der Waals surface area contributed by atoms with Crippen LogP contribution in [0, 0.1) is 34.6 Å². The fourth-order valence-electron chi connectivity index (χ4n) is 36.5. The molecule has 0 saturated heterocycles. The topological polar surface area (TPSA) is 19.4 Å². The number of pyridine rings is 5. The maximum absolute atomic E-state index is 2.65. The van der Waals surface area contributed by atoms with Crippen molar-refractivity contribution in [2.24, 2.45) is 35.2 Å². The summed E-state index contributed by atoms with van der Waals surface area (Å²) < 4.78 is 13.1. The fraction of sp³-hybridized carbons (Fsp3) is 0.593. The zero-order valence-corrected chi connectivity index (χ0v) is 94.7. The van der Waals surface area contributed by atoms with Gasteiger partial charge in [-0.05, 0) is 401 Å². The van der Waals surface area contributed by atoms with Gasteiger partial charge >= 0.3 is 0 Å². The molecular formula is C135H180N5+5. The van der Waals surface area contributed by atoms with Crippen molar-refractivity contribution < 1.29 is 22.8 Å². The summed E-state index contributed by atoms with van der Waals surface area (Å²) >= 11 is 0. The number of benzene rings is 5. The van der Waals surface area contributed by atoms with Gasteiger partial charge in [-0.3, -0.25) is 0 Å². The van der Waals surface area contributed by atoms with E-state index in [1.54, 1.807) is 112 Å². The molecule has 5 nitrogen and oxygen atoms in total. The maximum atomic E-state index is 2.65. The third-order valence-corrected chi connectivity index (χ3v) is 43.3. The van der Waals surface area contributed by atoms with Crippen molar-refractivity contribution in [1.29, 1.82) is 0 Å². The van der Waals surface area contributed by atoms with E-state index < -0.39 is 0 Å². The lowest BCUT2D eigenvalue weighted by Gasteiger charge is -2.54. The standard InChI is InChI=1S/C29H40N.2C28H38N.C27H36N.C23H28N/c1-19-11-9-10-12-20(19)24-22-21-23-25(30(24)8)27(4,5)14-16-29(23,7)18-17-28(21,6)15-13-26(22,2)3;1-18-11-9-10-12-19(18)23-21-20-22-24(29(23)8)25(2,3)13-14-27(22,6)15-16-28(20,7)17-26(21,4)5;1-18-11-9-10-12-19(18)23-21-20-22-24(29(23)8)26(4,5)17-28(22,7)16-15-27(20,6)14-13-25(21,2)3;1-17-11-9-10-12-18(17)22-20-19-21-23(28(22)8)25(4,5)16-27(21,7)14-13-26(19,6)15-24(20,2)3;1-15-7-5-6-8-16(15)21-17-9-11-22(2)13-14-23(3)12-10-18(24(21)4)20(23)19(17)22/h9-12H,13-18H2,1-8H3;2*9-12H,13-17H2,1-8H3;9-12H,13-16H2,1-8H3;5-8H,9-14H2,1-4H3/q5*+1. The molecule has 10 aromatic rings. The van der Waals surface area contributed by atoms with E-state index in [-0.39, 0.29) is 43.3 Å². The van der Waals surface area contributed by atoms with Gasteiger partial charge in [0.15, 0.2) is 28.5 Å². The van der Waals surface area contributed by atoms with E-state index in [2.05, 4.69) is 394 Å². The Bertz CT molecular complexity index is 6950. The summed E-state index contributed by atoms with van der Waals surface area (Å²) in [4.78, 5) is 0. The quantitative estimate of drug-likeness (QED) is 0.153. The van der Waals surface area contributed by atoms with Crippen LogP contribution < -0.4 is 22.8 Å². The summed E-state index contributed by atoms with van der Waals surface area (Å²) in [6.07, 6.45) is 34.3. The molecule has 5 heterocycles. The van der Waals surface area contributed by atoms with Crippen LogP contribution in [-0.2, 0) is 146 Å². The van der Waals surface area contributed by atoms with E-state index in [4.69, 9.17) is 0 Å². The monoisotopic (exact) mass is 1870 g/mol. The third-order valence-electron chi connectivity index (χ3n) is 43.3. The SMILES string of the molecule is Cc1ccccc1-c1c2c3c4c([n+]1C)C(C)(C)CC4(C)CCC3(C)CC2(C)C.Cc1ccccc1-c1c2c3c4c([n+]1C)C(C)(C)CC4(C)CCC3(C)CCC2(C)C.Cc1ccccc1-c1c2c3c4c([n+]1C)C(C)(C)CCC4(C)CCC3(C)CC2(C)C.Cc1ccccc1-c1c2c3c4c([n+]1C)C(C)(C)CCC4(C)CCC3(C)CCC2(C)C.Cc1ccccc1-c1c2c3c4c([n+]1C)CCC4(C)CCC3(C)CC2. The molecule has 0 amide bonds. The third kappa shape index (κ3) is 13.9. The molecule has 0 saturated carbocycles. The minimum Gasteiger partial charge on any atom is -0.198 e. The largest absolute Gasteiger partial charge is 0.216 e. The van der Waals surface area contributed by atoms with Gasteiger partial charge in [0.2, 0.25) is 28.5 Å². The van der Waals surface area contributed by atoms with Crippen molar-refractivity contribution >= 4 is 0 Å². The van der Waals surface area contributed by atoms with Crippen molar-refractivity contribution in [2.75, 3.05) is 0 Å². The lowest BCUT2D eigenvalue weighted by molar-refractivity contribution is -0.673. The Balaban J connectivity index is 0.000000104. The van der Waals surface area contributed by atoms with Crippen molar-refractivity contribution in [2.45, 2.75) is 479 Å². The van der Waals surface area contributed by atoms with Gasteiger partial charge in [0.1, 0.15) is 35.2 Å². The lowest BCUT2D eigenvalue weighted by atomic mass is 9.49. The van der Waals surface area contributed by atoms with Gasteiger partial charge in [-0.2, -0.15) is 22.8 Å². The highest BCUT2D eigenvalue weighted by Gasteiger charge is 2.67. The number of nitrogens with zero attached hydrogens (tertiary/aromatic N) is 5. The molecule has 5 heteroatoms. The molecule has 0 radical (unpaired) electrons. The molecule has 140 heavy (non-hydrogen) atoms. The molecule has 5 aromatic heterocycles. The predicted octanol–water partition coefficient (Wildman–Crippen LogP) is 30.9. The first-order valence-electron chi connectivity index (χ1n) is 56.0. The van der Waals surface area contributed by atoms with Gasteiger partial charge in [-0.1, -0.05) is 216 Å². The van der Waals surface area contributed by atoms with Gasteiger partial charge in [-0.15, -0.1) is 0 Å². The van der Waals surface area contributed by atoms with Crippen LogP contribution in [0.3, 0.4) is 0 Å². The summed E-state index contributed by atoms with van der Waals surface area (Å²) in [6.45, 7) is 76.9. The Morgan fingerprint density at radius 1 is 0.171 bits per heavy atom. The van der Waals surface area contributed by atoms with Crippen molar-refractivity contribution in [3.63, 3.8) is 0 Å². The molecule has 0 bridgehead atoms. The maximum Gasteiger partial charge on any atom is 0.216 e. The van der Waals surface area contributed by atoms with Gasteiger partial charge in [0.25, 0.3) is 0 Å². The Morgan fingerprint density at radius 2 is 0.379 bits per heavy atom. The zero-order chi connectivity index (χ0) is 101. The Kier molecular flexibility index (Phi) is 21.8. The summed E-state index contributed by atoms with van der Waals surface area (Å²) in [5.41, 5.74) is 60.7. The fourth-order valence-corrected chi connectivity index (χ4v) is 36.5. The first kappa shape index (κ1) is 97.9. The van der Waals surface area contributed by atoms with E-state index >= 15 is 0 Å². The van der Waals surface area contributed by atoms with Crippen molar-refractivity contribution in [1.82, 2.24) is 0 Å². The van der Waals surface area contributed by atoms with Crippen LogP contribution in [0.25, 0.3) is 56.3 Å². The van der Waals surface area contributed by atoms with Crippen molar-refractivity contribution in [3.05, 3.63) is 261 Å². The number of hydrogen-bond acceptors (Lipinski definition) is 0. The van der Waals surface area contributed by atoms with Gasteiger partial charge in [-0.25, -0.2) is 0 Å².